The molecule has 0 amide bonds. The lowest BCUT2D eigenvalue weighted by atomic mass is 10.3. The molecule has 3 nitrogen and oxygen atoms in total. The van der Waals surface area contributed by atoms with Crippen LogP contribution in [0.25, 0.3) is 0 Å². The van der Waals surface area contributed by atoms with Crippen molar-refractivity contribution in [3.63, 3.8) is 0 Å². The minimum absolute atomic E-state index is 0.316. The van der Waals surface area contributed by atoms with E-state index in [0.717, 1.165) is 6.07 Å². The maximum Gasteiger partial charge on any atom is 0.435 e. The quantitative estimate of drug-likeness (QED) is 0.759. The normalized spacial score (nSPS) is 12.1. The highest BCUT2D eigenvalue weighted by Gasteiger charge is 2.34. The second-order valence-corrected chi connectivity index (χ2v) is 2.68. The molecule has 1 aromatic heterocycles. The van der Waals surface area contributed by atoms with Crippen LogP contribution in [0.3, 0.4) is 0 Å². The fraction of sp³-hybridized carbons (Fsp3) is 0.571. The molecule has 0 saturated heterocycles. The van der Waals surface area contributed by atoms with E-state index >= 15 is 0 Å². The van der Waals surface area contributed by atoms with Gasteiger partial charge in [-0.05, 0) is 12.6 Å². The summed E-state index contributed by atoms with van der Waals surface area (Å²) in [6.45, 7) is 0.316. The molecule has 74 valence electrons. The maximum atomic E-state index is 12.1. The first-order valence-electron chi connectivity index (χ1n) is 3.75. The third-order valence-corrected chi connectivity index (χ3v) is 1.67. The van der Waals surface area contributed by atoms with Gasteiger partial charge in [-0.3, -0.25) is 4.68 Å². The number of nitrogens with zero attached hydrogens (tertiary/aromatic N) is 2. The number of nitrogens with two attached hydrogens (primary N) is 1. The largest absolute Gasteiger partial charge is 0.435 e. The third kappa shape index (κ3) is 2.21. The molecule has 0 bridgehead atoms. The average Bonchev–Trinajstić information content (AvgIpc) is 2.32. The second-order valence-electron chi connectivity index (χ2n) is 2.68. The Hall–Kier alpha value is -1.04. The Morgan fingerprint density at radius 2 is 2.15 bits per heavy atom. The monoisotopic (exact) mass is 193 g/mol. The number of hydrogen-bond acceptors (Lipinski definition) is 2. The molecule has 0 unspecified atom stereocenters. The summed E-state index contributed by atoms with van der Waals surface area (Å²) < 4.78 is 37.5. The summed E-state index contributed by atoms with van der Waals surface area (Å²) in [6, 6.07) is 1.02. The molecule has 1 aromatic rings. The first-order chi connectivity index (χ1) is 5.95. The van der Waals surface area contributed by atoms with Gasteiger partial charge in [0.05, 0.1) is 0 Å². The van der Waals surface area contributed by atoms with Crippen molar-refractivity contribution in [2.75, 3.05) is 6.54 Å². The van der Waals surface area contributed by atoms with Gasteiger partial charge in [0.1, 0.15) is 0 Å². The lowest BCUT2D eigenvalue weighted by Gasteiger charge is -1.99. The van der Waals surface area contributed by atoms with Crippen LogP contribution in [0.2, 0.25) is 0 Å². The summed E-state index contributed by atoms with van der Waals surface area (Å²) in [5.41, 5.74) is 4.86. The van der Waals surface area contributed by atoms with E-state index in [-0.39, 0.29) is 0 Å². The molecule has 6 heteroatoms. The molecule has 0 radical (unpaired) electrons. The standard InChI is InChI=1S/C7H10F3N3/c1-13-5(2-3-11)4-6(12-13)7(8,9)10/h4H,2-3,11H2,1H3. The summed E-state index contributed by atoms with van der Waals surface area (Å²) in [5, 5.41) is 3.34. The molecule has 1 heterocycles. The van der Waals surface area contributed by atoms with Gasteiger partial charge in [-0.1, -0.05) is 0 Å². The lowest BCUT2D eigenvalue weighted by Crippen LogP contribution is -2.07. The zero-order chi connectivity index (χ0) is 10.1. The fourth-order valence-electron chi connectivity index (χ4n) is 1.03. The number of aryl methyl sites for hydroxylation is 1. The van der Waals surface area contributed by atoms with Crippen molar-refractivity contribution in [3.8, 4) is 0 Å². The van der Waals surface area contributed by atoms with Crippen molar-refractivity contribution in [1.82, 2.24) is 9.78 Å². The van der Waals surface area contributed by atoms with Crippen LogP contribution in [0.15, 0.2) is 6.07 Å². The van der Waals surface area contributed by atoms with E-state index in [1.54, 1.807) is 0 Å². The number of rotatable bonds is 2. The van der Waals surface area contributed by atoms with Crippen molar-refractivity contribution < 1.29 is 13.2 Å². The van der Waals surface area contributed by atoms with Crippen LogP contribution in [0.4, 0.5) is 13.2 Å². The molecule has 0 saturated carbocycles. The number of alkyl halides is 3. The lowest BCUT2D eigenvalue weighted by molar-refractivity contribution is -0.141. The Morgan fingerprint density at radius 1 is 1.54 bits per heavy atom. The van der Waals surface area contributed by atoms with Gasteiger partial charge >= 0.3 is 6.18 Å². The second kappa shape index (κ2) is 3.37. The smallest absolute Gasteiger partial charge is 0.330 e. The Balaban J connectivity index is 2.95. The minimum atomic E-state index is -4.37. The Kier molecular flexibility index (Phi) is 2.60. The summed E-state index contributed by atoms with van der Waals surface area (Å²) >= 11 is 0. The van der Waals surface area contributed by atoms with Crippen LogP contribution >= 0.6 is 0 Å². The molecule has 0 aliphatic rings. The summed E-state index contributed by atoms with van der Waals surface area (Å²) in [6.07, 6.45) is -3.97. The SMILES string of the molecule is Cn1nc(C(F)(F)F)cc1CCN. The maximum absolute atomic E-state index is 12.1. The van der Waals surface area contributed by atoms with Gasteiger partial charge < -0.3 is 5.73 Å². The number of halogens is 3. The van der Waals surface area contributed by atoms with Gasteiger partial charge in [0.25, 0.3) is 0 Å². The average molecular weight is 193 g/mol. The van der Waals surface area contributed by atoms with Crippen LogP contribution in [0.1, 0.15) is 11.4 Å². The Bertz CT molecular complexity index is 290. The molecule has 0 fully saturated rings. The minimum Gasteiger partial charge on any atom is -0.330 e. The van der Waals surface area contributed by atoms with Crippen molar-refractivity contribution in [2.45, 2.75) is 12.6 Å². The highest BCUT2D eigenvalue weighted by molar-refractivity contribution is 5.13. The van der Waals surface area contributed by atoms with E-state index in [1.165, 1.54) is 11.7 Å². The summed E-state index contributed by atoms with van der Waals surface area (Å²) in [4.78, 5) is 0. The molecule has 1 rings (SSSR count). The number of hydrogen-bond donors (Lipinski definition) is 1. The van der Waals surface area contributed by atoms with E-state index in [9.17, 15) is 13.2 Å². The molecule has 13 heavy (non-hydrogen) atoms. The summed E-state index contributed by atoms with van der Waals surface area (Å²) in [7, 11) is 1.47. The molecule has 0 aliphatic carbocycles. The highest BCUT2D eigenvalue weighted by atomic mass is 19.4. The molecule has 0 aliphatic heterocycles. The highest BCUT2D eigenvalue weighted by Crippen LogP contribution is 2.28. The van der Waals surface area contributed by atoms with Crippen molar-refractivity contribution in [2.24, 2.45) is 12.8 Å². The van der Waals surface area contributed by atoms with E-state index < -0.39 is 11.9 Å². The molecular formula is C7H10F3N3. The van der Waals surface area contributed by atoms with Crippen LogP contribution in [0.5, 0.6) is 0 Å². The van der Waals surface area contributed by atoms with Crippen LogP contribution in [0, 0.1) is 0 Å². The van der Waals surface area contributed by atoms with Gasteiger partial charge in [0, 0.05) is 19.2 Å². The number of aromatic nitrogens is 2. The summed E-state index contributed by atoms with van der Waals surface area (Å²) in [5.74, 6) is 0. The Morgan fingerprint density at radius 3 is 2.54 bits per heavy atom. The van der Waals surface area contributed by atoms with E-state index in [0.29, 0.717) is 18.7 Å². The predicted molar refractivity (Wildman–Crippen MR) is 41.0 cm³/mol. The molecule has 0 spiro atoms. The zero-order valence-electron chi connectivity index (χ0n) is 7.10. The fourth-order valence-corrected chi connectivity index (χ4v) is 1.03. The molecular weight excluding hydrogens is 183 g/mol. The van der Waals surface area contributed by atoms with Gasteiger partial charge in [0.15, 0.2) is 5.69 Å². The van der Waals surface area contributed by atoms with Gasteiger partial charge in [-0.25, -0.2) is 0 Å². The van der Waals surface area contributed by atoms with Crippen molar-refractivity contribution >= 4 is 0 Å². The zero-order valence-corrected chi connectivity index (χ0v) is 7.10. The van der Waals surface area contributed by atoms with Gasteiger partial charge in [-0.2, -0.15) is 18.3 Å². The van der Waals surface area contributed by atoms with Crippen LogP contribution < -0.4 is 5.73 Å². The molecule has 0 aromatic carbocycles. The van der Waals surface area contributed by atoms with E-state index in [1.807, 2.05) is 0 Å². The molecule has 2 N–H and O–H groups in total. The first kappa shape index (κ1) is 10.0. The topological polar surface area (TPSA) is 43.8 Å². The van der Waals surface area contributed by atoms with Crippen molar-refractivity contribution in [3.05, 3.63) is 17.5 Å². The molecule has 0 atom stereocenters. The van der Waals surface area contributed by atoms with Crippen LogP contribution in [-0.2, 0) is 19.6 Å². The first-order valence-corrected chi connectivity index (χ1v) is 3.75. The van der Waals surface area contributed by atoms with E-state index in [2.05, 4.69) is 5.10 Å². The third-order valence-electron chi connectivity index (χ3n) is 1.67. The van der Waals surface area contributed by atoms with Crippen LogP contribution in [-0.4, -0.2) is 16.3 Å². The predicted octanol–water partition coefficient (Wildman–Crippen LogP) is 0.940. The van der Waals surface area contributed by atoms with Crippen molar-refractivity contribution in [1.29, 1.82) is 0 Å². The van der Waals surface area contributed by atoms with Gasteiger partial charge in [-0.15, -0.1) is 0 Å². The Labute approximate surface area is 73.3 Å². The van der Waals surface area contributed by atoms with E-state index in [4.69, 9.17) is 5.73 Å². The van der Waals surface area contributed by atoms with Gasteiger partial charge in [0.2, 0.25) is 0 Å².